The Morgan fingerprint density at radius 3 is 2.42 bits per heavy atom. The summed E-state index contributed by atoms with van der Waals surface area (Å²) in [6.07, 6.45) is 1.21. The summed E-state index contributed by atoms with van der Waals surface area (Å²) in [4.78, 5) is 26.5. The monoisotopic (exact) mass is 426 g/mol. The molecule has 0 saturated heterocycles. The second kappa shape index (κ2) is 10.2. The Morgan fingerprint density at radius 2 is 1.77 bits per heavy atom. The molecule has 0 radical (unpaired) electrons. The van der Waals surface area contributed by atoms with E-state index in [9.17, 15) is 14.7 Å². The van der Waals surface area contributed by atoms with Crippen LogP contribution in [-0.2, 0) is 17.6 Å². The van der Waals surface area contributed by atoms with Gasteiger partial charge >= 0.3 is 12.0 Å². The van der Waals surface area contributed by atoms with E-state index in [4.69, 9.17) is 9.47 Å². The third-order valence-corrected chi connectivity index (χ3v) is 5.43. The highest BCUT2D eigenvalue weighted by molar-refractivity contribution is 5.91. The van der Waals surface area contributed by atoms with Crippen LogP contribution in [0, 0.1) is 0 Å². The minimum atomic E-state index is -0.962. The van der Waals surface area contributed by atoms with Crippen molar-refractivity contribution in [3.8, 4) is 11.5 Å². The molecule has 2 aromatic carbocycles. The zero-order valence-corrected chi connectivity index (χ0v) is 18.3. The summed E-state index contributed by atoms with van der Waals surface area (Å²) in [5, 5.41) is 12.5. The fraction of sp³-hybridized carbons (Fsp3) is 0.417. The van der Waals surface area contributed by atoms with Gasteiger partial charge in [0, 0.05) is 12.2 Å². The van der Waals surface area contributed by atoms with Crippen LogP contribution in [-0.4, -0.2) is 41.8 Å². The molecule has 7 nitrogen and oxygen atoms in total. The van der Waals surface area contributed by atoms with Crippen molar-refractivity contribution in [1.29, 1.82) is 0 Å². The maximum atomic E-state index is 13.2. The lowest BCUT2D eigenvalue weighted by molar-refractivity contribution is -0.138. The molecule has 2 N–H and O–H groups in total. The minimum Gasteiger partial charge on any atom is -0.490 e. The molecular formula is C24H30N2O5. The molecule has 0 saturated carbocycles. The van der Waals surface area contributed by atoms with Crippen LogP contribution in [0.2, 0.25) is 0 Å². The van der Waals surface area contributed by atoms with Crippen molar-refractivity contribution < 1.29 is 24.2 Å². The Bertz CT molecular complexity index is 944. The van der Waals surface area contributed by atoms with E-state index >= 15 is 0 Å². The quantitative estimate of drug-likeness (QED) is 0.641. The largest absolute Gasteiger partial charge is 0.490 e. The van der Waals surface area contributed by atoms with Gasteiger partial charge in [0.2, 0.25) is 0 Å². The summed E-state index contributed by atoms with van der Waals surface area (Å²) in [6, 6.07) is 10.5. The Morgan fingerprint density at radius 1 is 1.10 bits per heavy atom. The number of carbonyl (C=O) groups excluding carboxylic acids is 1. The highest BCUT2D eigenvalue weighted by Gasteiger charge is 2.34. The first-order valence-electron chi connectivity index (χ1n) is 10.8. The van der Waals surface area contributed by atoms with Crippen molar-refractivity contribution >= 4 is 17.7 Å². The first kappa shape index (κ1) is 22.5. The van der Waals surface area contributed by atoms with E-state index in [1.165, 1.54) is 0 Å². The number of para-hydroxylation sites is 1. The highest BCUT2D eigenvalue weighted by atomic mass is 16.5. The summed E-state index contributed by atoms with van der Waals surface area (Å²) in [5.41, 5.74) is 3.55. The van der Waals surface area contributed by atoms with Gasteiger partial charge in [0.05, 0.1) is 25.7 Å². The number of hydrogen-bond donors (Lipinski definition) is 2. The van der Waals surface area contributed by atoms with Crippen LogP contribution in [0.1, 0.15) is 49.9 Å². The van der Waals surface area contributed by atoms with Crippen molar-refractivity contribution in [2.24, 2.45) is 0 Å². The zero-order chi connectivity index (χ0) is 22.4. The number of aliphatic carboxylic acids is 1. The highest BCUT2D eigenvalue weighted by Crippen LogP contribution is 2.40. The maximum absolute atomic E-state index is 13.2. The van der Waals surface area contributed by atoms with Gasteiger partial charge in [-0.15, -0.1) is 0 Å². The van der Waals surface area contributed by atoms with Crippen LogP contribution >= 0.6 is 0 Å². The van der Waals surface area contributed by atoms with Gasteiger partial charge in [0.25, 0.3) is 0 Å². The molecule has 0 bridgehead atoms. The molecule has 2 amide bonds. The SMILES string of the molecule is CCOc1cc2c(cc1OCC)[C@@H](CC(=O)O)N(C(=O)Nc1ccccc1CC)CC2. The first-order chi connectivity index (χ1) is 15.0. The average Bonchev–Trinajstić information content (AvgIpc) is 2.75. The molecule has 0 aliphatic carbocycles. The fourth-order valence-corrected chi connectivity index (χ4v) is 4.01. The van der Waals surface area contributed by atoms with Crippen LogP contribution in [0.3, 0.4) is 0 Å². The minimum absolute atomic E-state index is 0.185. The third kappa shape index (κ3) is 5.10. The average molecular weight is 427 g/mol. The number of nitrogens with one attached hydrogen (secondary N) is 1. The molecule has 31 heavy (non-hydrogen) atoms. The molecule has 1 heterocycles. The number of ether oxygens (including phenoxy) is 2. The first-order valence-corrected chi connectivity index (χ1v) is 10.8. The third-order valence-electron chi connectivity index (χ3n) is 5.43. The summed E-state index contributed by atoms with van der Waals surface area (Å²) < 4.78 is 11.5. The molecule has 1 atom stereocenters. The fourth-order valence-electron chi connectivity index (χ4n) is 4.01. The smallest absolute Gasteiger partial charge is 0.322 e. The number of benzene rings is 2. The predicted molar refractivity (Wildman–Crippen MR) is 119 cm³/mol. The Balaban J connectivity index is 1.95. The molecule has 166 valence electrons. The van der Waals surface area contributed by atoms with E-state index in [1.54, 1.807) is 4.90 Å². The van der Waals surface area contributed by atoms with E-state index in [0.717, 1.165) is 28.8 Å². The van der Waals surface area contributed by atoms with Crippen LogP contribution in [0.5, 0.6) is 11.5 Å². The molecule has 7 heteroatoms. The molecular weight excluding hydrogens is 396 g/mol. The van der Waals surface area contributed by atoms with E-state index < -0.39 is 12.0 Å². The van der Waals surface area contributed by atoms with Gasteiger partial charge in [0.1, 0.15) is 0 Å². The second-order valence-electron chi connectivity index (χ2n) is 7.36. The standard InChI is InChI=1S/C24H30N2O5/c1-4-16-9-7-8-10-19(16)25-24(29)26-12-11-17-13-21(30-5-2)22(31-6-3)14-18(17)20(26)15-23(27)28/h7-10,13-14,20H,4-6,11-12,15H2,1-3H3,(H,25,29)(H,27,28)/t20-/m1/s1. The zero-order valence-electron chi connectivity index (χ0n) is 18.3. The second-order valence-corrected chi connectivity index (χ2v) is 7.36. The van der Waals surface area contributed by atoms with Crippen LogP contribution < -0.4 is 14.8 Å². The normalized spacial score (nSPS) is 15.2. The number of urea groups is 1. The lowest BCUT2D eigenvalue weighted by atomic mass is 9.90. The van der Waals surface area contributed by atoms with E-state index in [0.29, 0.717) is 37.7 Å². The summed E-state index contributed by atoms with van der Waals surface area (Å²) in [7, 11) is 0. The number of rotatable bonds is 8. The Hall–Kier alpha value is -3.22. The van der Waals surface area contributed by atoms with E-state index in [2.05, 4.69) is 5.32 Å². The number of nitrogens with zero attached hydrogens (tertiary/aromatic N) is 1. The number of aryl methyl sites for hydroxylation is 1. The Labute approximate surface area is 183 Å². The Kier molecular flexibility index (Phi) is 7.39. The molecule has 3 rings (SSSR count). The van der Waals surface area contributed by atoms with Gasteiger partial charge in [0.15, 0.2) is 11.5 Å². The topological polar surface area (TPSA) is 88.1 Å². The number of carboxylic acids is 1. The predicted octanol–water partition coefficient (Wildman–Crippen LogP) is 4.65. The number of anilines is 1. The van der Waals surface area contributed by atoms with Gasteiger partial charge in [-0.2, -0.15) is 0 Å². The van der Waals surface area contributed by atoms with E-state index in [1.807, 2.05) is 57.2 Å². The summed E-state index contributed by atoms with van der Waals surface area (Å²) >= 11 is 0. The number of carbonyl (C=O) groups is 2. The van der Waals surface area contributed by atoms with Crippen LogP contribution in [0.25, 0.3) is 0 Å². The molecule has 0 spiro atoms. The molecule has 1 aliphatic heterocycles. The number of carboxylic acid groups (broad SMARTS) is 1. The van der Waals surface area contributed by atoms with Crippen LogP contribution in [0.15, 0.2) is 36.4 Å². The number of fused-ring (bicyclic) bond motifs is 1. The van der Waals surface area contributed by atoms with E-state index in [-0.39, 0.29) is 12.5 Å². The lowest BCUT2D eigenvalue weighted by Gasteiger charge is -2.37. The molecule has 0 fully saturated rings. The van der Waals surface area contributed by atoms with Crippen molar-refractivity contribution in [2.75, 3.05) is 25.1 Å². The van der Waals surface area contributed by atoms with Crippen molar-refractivity contribution in [1.82, 2.24) is 4.90 Å². The number of hydrogen-bond acceptors (Lipinski definition) is 4. The van der Waals surface area contributed by atoms with Gasteiger partial charge in [-0.3, -0.25) is 4.79 Å². The molecule has 0 aromatic heterocycles. The number of amides is 2. The van der Waals surface area contributed by atoms with Crippen LogP contribution in [0.4, 0.5) is 10.5 Å². The molecule has 1 aliphatic rings. The van der Waals surface area contributed by atoms with Crippen molar-refractivity contribution in [2.45, 2.75) is 46.1 Å². The van der Waals surface area contributed by atoms with Crippen molar-refractivity contribution in [3.05, 3.63) is 53.1 Å². The molecule has 2 aromatic rings. The van der Waals surface area contributed by atoms with Gasteiger partial charge in [-0.1, -0.05) is 25.1 Å². The van der Waals surface area contributed by atoms with Gasteiger partial charge in [-0.25, -0.2) is 4.79 Å². The maximum Gasteiger partial charge on any atom is 0.322 e. The molecule has 0 unspecified atom stereocenters. The lowest BCUT2D eigenvalue weighted by Crippen LogP contribution is -2.43. The van der Waals surface area contributed by atoms with Crippen molar-refractivity contribution in [3.63, 3.8) is 0 Å². The summed E-state index contributed by atoms with van der Waals surface area (Å²) in [5.74, 6) is 0.250. The van der Waals surface area contributed by atoms with Gasteiger partial charge in [-0.05, 0) is 61.6 Å². The van der Waals surface area contributed by atoms with Gasteiger partial charge < -0.3 is 24.8 Å². The summed E-state index contributed by atoms with van der Waals surface area (Å²) in [6.45, 7) is 7.20.